The maximum atomic E-state index is 3.07. The fraction of sp³-hybridized carbons (Fsp3) is 0.611. The minimum atomic E-state index is 0.841. The standard InChI is InChI=1S/C18H26.C12H15.C6H10/c1-3-7-15(8-4-1)17-11-13-18(14-12-17)16-9-5-2-6-10-16;1-3-7-11(8-4-1)12-9-5-2-6-10-12;1-2-4-6-5-3-1/h11-16H,1-10H2;5-6,9-11H,1,3-4,7-8H2;1-2H,3-6H2/q;+1;. The molecule has 0 aliphatic heterocycles. The van der Waals surface area contributed by atoms with Crippen molar-refractivity contribution in [3.05, 3.63) is 83.5 Å². The van der Waals surface area contributed by atoms with Gasteiger partial charge in [-0.1, -0.05) is 94.2 Å². The van der Waals surface area contributed by atoms with Gasteiger partial charge in [0.15, 0.2) is 0 Å². The second-order valence-electron chi connectivity index (χ2n) is 11.8. The third kappa shape index (κ3) is 9.19. The molecule has 5 aliphatic rings. The molecule has 5 aliphatic carbocycles. The molecule has 0 saturated heterocycles. The van der Waals surface area contributed by atoms with E-state index in [1.54, 1.807) is 11.1 Å². The third-order valence-electron chi connectivity index (χ3n) is 9.07. The molecular weight excluding hydrogens is 432 g/mol. The monoisotopic (exact) mass is 483 g/mol. The summed E-state index contributed by atoms with van der Waals surface area (Å²) in [7, 11) is 0. The predicted molar refractivity (Wildman–Crippen MR) is 157 cm³/mol. The van der Waals surface area contributed by atoms with Crippen molar-refractivity contribution < 1.29 is 0 Å². The zero-order chi connectivity index (χ0) is 24.7. The Bertz CT molecular complexity index is 786. The molecule has 6 rings (SSSR count). The molecule has 0 heteroatoms. The van der Waals surface area contributed by atoms with Gasteiger partial charge in [-0.05, 0) is 87.2 Å². The molecule has 0 spiro atoms. The van der Waals surface area contributed by atoms with Crippen LogP contribution in [0.2, 0.25) is 0 Å². The minimum Gasteiger partial charge on any atom is -0.0885 e. The zero-order valence-corrected chi connectivity index (χ0v) is 22.9. The summed E-state index contributed by atoms with van der Waals surface area (Å²) in [5.41, 5.74) is 4.73. The van der Waals surface area contributed by atoms with Gasteiger partial charge in [0.25, 0.3) is 0 Å². The number of hydrogen-bond acceptors (Lipinski definition) is 0. The molecule has 0 nitrogen and oxygen atoms in total. The zero-order valence-electron chi connectivity index (χ0n) is 22.9. The van der Waals surface area contributed by atoms with Gasteiger partial charge in [0, 0.05) is 12.0 Å². The summed E-state index contributed by atoms with van der Waals surface area (Å²) in [6.45, 7) is 0. The van der Waals surface area contributed by atoms with E-state index >= 15 is 0 Å². The van der Waals surface area contributed by atoms with Gasteiger partial charge in [0.1, 0.15) is 12.2 Å². The molecule has 0 bridgehead atoms. The molecule has 0 radical (unpaired) electrons. The molecular formula is C36H51+. The minimum absolute atomic E-state index is 0.841. The van der Waals surface area contributed by atoms with Gasteiger partial charge in [0.05, 0.1) is 17.7 Å². The molecule has 0 N–H and O–H groups in total. The van der Waals surface area contributed by atoms with Crippen molar-refractivity contribution in [1.29, 1.82) is 0 Å². The molecule has 0 amide bonds. The lowest BCUT2D eigenvalue weighted by Gasteiger charge is -2.24. The quantitative estimate of drug-likeness (QED) is 0.296. The second-order valence-corrected chi connectivity index (χ2v) is 11.8. The van der Waals surface area contributed by atoms with E-state index in [4.69, 9.17) is 0 Å². The molecule has 1 aromatic rings. The Hall–Kier alpha value is -1.91. The first-order valence-electron chi connectivity index (χ1n) is 15.6. The van der Waals surface area contributed by atoms with Crippen LogP contribution in [0.25, 0.3) is 0 Å². The Kier molecular flexibility index (Phi) is 12.1. The van der Waals surface area contributed by atoms with E-state index in [0.717, 1.165) is 17.8 Å². The van der Waals surface area contributed by atoms with Gasteiger partial charge in [0.2, 0.25) is 0 Å². The van der Waals surface area contributed by atoms with E-state index in [0.29, 0.717) is 0 Å². The normalized spacial score (nSPS) is 22.9. The summed E-state index contributed by atoms with van der Waals surface area (Å²) >= 11 is 0. The van der Waals surface area contributed by atoms with E-state index in [1.807, 2.05) is 12.2 Å². The van der Waals surface area contributed by atoms with E-state index in [2.05, 4.69) is 54.6 Å². The van der Waals surface area contributed by atoms with Crippen molar-refractivity contribution in [2.45, 2.75) is 134 Å². The first-order chi connectivity index (χ1) is 17.9. The summed E-state index contributed by atoms with van der Waals surface area (Å²) in [4.78, 5) is 0. The van der Waals surface area contributed by atoms with E-state index in [-0.39, 0.29) is 0 Å². The van der Waals surface area contributed by atoms with Crippen molar-refractivity contribution in [3.8, 4) is 0 Å². The fourth-order valence-electron chi connectivity index (χ4n) is 6.78. The van der Waals surface area contributed by atoms with Crippen LogP contribution in [0.4, 0.5) is 0 Å². The molecule has 3 saturated carbocycles. The van der Waals surface area contributed by atoms with Crippen molar-refractivity contribution in [1.82, 2.24) is 0 Å². The number of hydrogen-bond donors (Lipinski definition) is 0. The molecule has 3 fully saturated rings. The summed E-state index contributed by atoms with van der Waals surface area (Å²) < 4.78 is 0. The Morgan fingerprint density at radius 3 is 1.31 bits per heavy atom. The van der Waals surface area contributed by atoms with Crippen LogP contribution in [-0.4, -0.2) is 0 Å². The molecule has 0 heterocycles. The lowest BCUT2D eigenvalue weighted by atomic mass is 9.81. The van der Waals surface area contributed by atoms with E-state index in [1.165, 1.54) is 128 Å². The SMILES string of the molecule is C1=CCCCC1.[C+]1=CC=C(C2CCCCC2)C=C1.c1cc(C2CCCCC2)ccc1C1CCCCC1. The molecule has 1 aromatic carbocycles. The molecule has 36 heavy (non-hydrogen) atoms. The highest BCUT2D eigenvalue weighted by Crippen LogP contribution is 2.36. The van der Waals surface area contributed by atoms with Crippen LogP contribution in [0.15, 0.2) is 66.3 Å². The Morgan fingerprint density at radius 1 is 0.500 bits per heavy atom. The number of rotatable bonds is 3. The summed E-state index contributed by atoms with van der Waals surface area (Å²) in [5, 5.41) is 0. The maximum absolute atomic E-state index is 3.07. The first kappa shape index (κ1) is 27.1. The Labute approximate surface area is 223 Å². The number of benzene rings is 1. The van der Waals surface area contributed by atoms with Crippen LogP contribution in [0.5, 0.6) is 0 Å². The molecule has 0 unspecified atom stereocenters. The molecule has 194 valence electrons. The van der Waals surface area contributed by atoms with Gasteiger partial charge in [-0.3, -0.25) is 0 Å². The van der Waals surface area contributed by atoms with E-state index < -0.39 is 0 Å². The molecule has 0 atom stereocenters. The smallest absolute Gasteiger partial charge is 0.0885 e. The van der Waals surface area contributed by atoms with Gasteiger partial charge in [-0.15, -0.1) is 0 Å². The fourth-order valence-corrected chi connectivity index (χ4v) is 6.78. The van der Waals surface area contributed by atoms with Crippen LogP contribution in [0.1, 0.15) is 145 Å². The van der Waals surface area contributed by atoms with Crippen molar-refractivity contribution in [2.24, 2.45) is 5.92 Å². The Morgan fingerprint density at radius 2 is 0.944 bits per heavy atom. The van der Waals surface area contributed by atoms with E-state index in [9.17, 15) is 0 Å². The van der Waals surface area contributed by atoms with Crippen LogP contribution in [0, 0.1) is 12.0 Å². The van der Waals surface area contributed by atoms with Crippen LogP contribution >= 0.6 is 0 Å². The van der Waals surface area contributed by atoms with Crippen molar-refractivity contribution in [2.75, 3.05) is 0 Å². The van der Waals surface area contributed by atoms with Crippen molar-refractivity contribution >= 4 is 0 Å². The lowest BCUT2D eigenvalue weighted by Crippen LogP contribution is -2.08. The molecule has 0 aromatic heterocycles. The van der Waals surface area contributed by atoms with Gasteiger partial charge < -0.3 is 0 Å². The van der Waals surface area contributed by atoms with Gasteiger partial charge in [-0.2, -0.15) is 0 Å². The number of allylic oxidation sites excluding steroid dienone is 8. The summed E-state index contributed by atoms with van der Waals surface area (Å²) in [6, 6.07) is 9.72. The Balaban J connectivity index is 0.000000145. The third-order valence-corrected chi connectivity index (χ3v) is 9.07. The average Bonchev–Trinajstić information content (AvgIpc) is 3.01. The van der Waals surface area contributed by atoms with Crippen molar-refractivity contribution in [3.63, 3.8) is 0 Å². The highest BCUT2D eigenvalue weighted by Gasteiger charge is 2.20. The highest BCUT2D eigenvalue weighted by atomic mass is 14.2. The highest BCUT2D eigenvalue weighted by molar-refractivity contribution is 5.32. The van der Waals surface area contributed by atoms with Crippen LogP contribution in [0.3, 0.4) is 0 Å². The van der Waals surface area contributed by atoms with Gasteiger partial charge >= 0.3 is 0 Å². The largest absolute Gasteiger partial charge is 0.103 e. The summed E-state index contributed by atoms with van der Waals surface area (Å²) in [5.74, 6) is 2.56. The second kappa shape index (κ2) is 16.0. The average molecular weight is 484 g/mol. The summed E-state index contributed by atoms with van der Waals surface area (Å²) in [6.07, 6.45) is 43.0. The van der Waals surface area contributed by atoms with Crippen LogP contribution < -0.4 is 0 Å². The van der Waals surface area contributed by atoms with Gasteiger partial charge in [-0.25, -0.2) is 0 Å². The maximum Gasteiger partial charge on any atom is 0.103 e. The topological polar surface area (TPSA) is 0 Å². The predicted octanol–water partition coefficient (Wildman–Crippen LogP) is 11.3. The first-order valence-corrected chi connectivity index (χ1v) is 15.6. The lowest BCUT2D eigenvalue weighted by molar-refractivity contribution is 0.408. The van der Waals surface area contributed by atoms with Crippen LogP contribution in [-0.2, 0) is 0 Å².